The van der Waals surface area contributed by atoms with Crippen molar-refractivity contribution in [3.8, 4) is 6.07 Å². The Labute approximate surface area is 78.2 Å². The molecular weight excluding hydrogens is 162 g/mol. The lowest BCUT2D eigenvalue weighted by Crippen LogP contribution is -2.17. The van der Waals surface area contributed by atoms with Crippen molar-refractivity contribution in [1.82, 2.24) is 4.98 Å². The highest BCUT2D eigenvalue weighted by molar-refractivity contribution is 5.27. The molecular formula is C10H13N3. The monoisotopic (exact) mass is 175 g/mol. The molecule has 2 N–H and O–H groups in total. The summed E-state index contributed by atoms with van der Waals surface area (Å²) in [5.41, 5.74) is 7.29. The van der Waals surface area contributed by atoms with Crippen LogP contribution in [0.4, 0.5) is 0 Å². The molecule has 0 aromatic carbocycles. The summed E-state index contributed by atoms with van der Waals surface area (Å²) in [5.74, 6) is 0.362. The average molecular weight is 175 g/mol. The number of nitrogens with zero attached hydrogens (tertiary/aromatic N) is 2. The number of hydrogen-bond donors (Lipinski definition) is 1. The largest absolute Gasteiger partial charge is 0.322 e. The molecule has 0 bridgehead atoms. The molecule has 1 unspecified atom stereocenters. The lowest BCUT2D eigenvalue weighted by molar-refractivity contribution is 0.503. The lowest BCUT2D eigenvalue weighted by atomic mass is 10.0. The summed E-state index contributed by atoms with van der Waals surface area (Å²) in [6.07, 6.45) is 1.55. The van der Waals surface area contributed by atoms with Gasteiger partial charge in [-0.2, -0.15) is 5.26 Å². The van der Waals surface area contributed by atoms with Crippen molar-refractivity contribution in [3.63, 3.8) is 0 Å². The topological polar surface area (TPSA) is 62.7 Å². The van der Waals surface area contributed by atoms with E-state index in [1.807, 2.05) is 26.0 Å². The van der Waals surface area contributed by atoms with E-state index in [2.05, 4.69) is 4.98 Å². The Hall–Kier alpha value is -1.40. The van der Waals surface area contributed by atoms with Crippen LogP contribution in [0.3, 0.4) is 0 Å². The zero-order valence-electron chi connectivity index (χ0n) is 7.86. The summed E-state index contributed by atoms with van der Waals surface area (Å²) in [6.45, 7) is 4.09. The molecule has 68 valence electrons. The maximum atomic E-state index is 8.56. The fraction of sp³-hybridized carbons (Fsp3) is 0.400. The van der Waals surface area contributed by atoms with Gasteiger partial charge in [0.1, 0.15) is 6.07 Å². The van der Waals surface area contributed by atoms with Crippen LogP contribution in [0.15, 0.2) is 18.3 Å². The van der Waals surface area contributed by atoms with Crippen LogP contribution in [0.25, 0.3) is 0 Å². The van der Waals surface area contributed by atoms with E-state index in [4.69, 9.17) is 11.0 Å². The molecule has 0 saturated carbocycles. The zero-order chi connectivity index (χ0) is 9.84. The minimum absolute atomic E-state index is 0.0484. The molecule has 1 aromatic heterocycles. The van der Waals surface area contributed by atoms with Crippen LogP contribution in [0.1, 0.15) is 31.1 Å². The van der Waals surface area contributed by atoms with Crippen molar-refractivity contribution in [3.05, 3.63) is 29.6 Å². The highest BCUT2D eigenvalue weighted by Crippen LogP contribution is 2.16. The van der Waals surface area contributed by atoms with E-state index >= 15 is 0 Å². The van der Waals surface area contributed by atoms with Crippen molar-refractivity contribution < 1.29 is 0 Å². The molecule has 0 aliphatic heterocycles. The Morgan fingerprint density at radius 3 is 2.54 bits per heavy atom. The van der Waals surface area contributed by atoms with Gasteiger partial charge in [0, 0.05) is 12.2 Å². The number of nitriles is 1. The molecule has 1 rings (SSSR count). The first-order valence-corrected chi connectivity index (χ1v) is 4.26. The second-order valence-electron chi connectivity index (χ2n) is 3.35. The second kappa shape index (κ2) is 4.01. The molecule has 0 fully saturated rings. The number of aromatic nitrogens is 1. The summed E-state index contributed by atoms with van der Waals surface area (Å²) in [4.78, 5) is 4.12. The van der Waals surface area contributed by atoms with E-state index < -0.39 is 0 Å². The third-order valence-corrected chi connectivity index (χ3v) is 1.98. The van der Waals surface area contributed by atoms with Crippen molar-refractivity contribution >= 4 is 0 Å². The normalized spacial score (nSPS) is 12.5. The molecule has 1 aromatic rings. The van der Waals surface area contributed by atoms with Crippen LogP contribution < -0.4 is 5.73 Å². The summed E-state index contributed by atoms with van der Waals surface area (Å²) in [6, 6.07) is 5.52. The van der Waals surface area contributed by atoms with E-state index in [-0.39, 0.29) is 6.04 Å². The first kappa shape index (κ1) is 9.69. The lowest BCUT2D eigenvalue weighted by Gasteiger charge is -2.14. The average Bonchev–Trinajstić information content (AvgIpc) is 2.17. The van der Waals surface area contributed by atoms with Gasteiger partial charge in [-0.3, -0.25) is 4.98 Å². The summed E-state index contributed by atoms with van der Waals surface area (Å²) in [7, 11) is 0. The molecule has 1 atom stereocenters. The highest BCUT2D eigenvalue weighted by Gasteiger charge is 2.10. The van der Waals surface area contributed by atoms with E-state index in [9.17, 15) is 0 Å². The van der Waals surface area contributed by atoms with Crippen molar-refractivity contribution in [1.29, 1.82) is 5.26 Å². The van der Waals surface area contributed by atoms with Crippen LogP contribution in [0.5, 0.6) is 0 Å². The zero-order valence-corrected chi connectivity index (χ0v) is 7.86. The van der Waals surface area contributed by atoms with Gasteiger partial charge in [0.05, 0.1) is 11.3 Å². The smallest absolute Gasteiger partial charge is 0.101 e. The maximum Gasteiger partial charge on any atom is 0.101 e. The van der Waals surface area contributed by atoms with E-state index in [1.165, 1.54) is 0 Å². The molecule has 13 heavy (non-hydrogen) atoms. The van der Waals surface area contributed by atoms with Crippen molar-refractivity contribution in [2.75, 3.05) is 0 Å². The minimum Gasteiger partial charge on any atom is -0.322 e. The molecule has 0 saturated heterocycles. The van der Waals surface area contributed by atoms with Gasteiger partial charge >= 0.3 is 0 Å². The quantitative estimate of drug-likeness (QED) is 0.742. The second-order valence-corrected chi connectivity index (χ2v) is 3.35. The fourth-order valence-electron chi connectivity index (χ4n) is 1.01. The Kier molecular flexibility index (Phi) is 2.99. The molecule has 0 aliphatic carbocycles. The van der Waals surface area contributed by atoms with Crippen LogP contribution >= 0.6 is 0 Å². The van der Waals surface area contributed by atoms with Crippen LogP contribution in [0, 0.1) is 17.2 Å². The number of nitrogens with two attached hydrogens (primary N) is 1. The predicted octanol–water partition coefficient (Wildman–Crippen LogP) is 1.61. The molecule has 0 radical (unpaired) electrons. The molecule has 3 heteroatoms. The van der Waals surface area contributed by atoms with E-state index in [1.54, 1.807) is 12.3 Å². The van der Waals surface area contributed by atoms with E-state index in [0.717, 1.165) is 5.69 Å². The Morgan fingerprint density at radius 2 is 2.15 bits per heavy atom. The first-order chi connectivity index (χ1) is 6.15. The minimum atomic E-state index is -0.0484. The third-order valence-electron chi connectivity index (χ3n) is 1.98. The molecule has 0 amide bonds. The van der Waals surface area contributed by atoms with Crippen LogP contribution in [0.2, 0.25) is 0 Å². The maximum absolute atomic E-state index is 8.56. The SMILES string of the molecule is CC(C)C(N)c1ccc(C#N)cn1. The van der Waals surface area contributed by atoms with Crippen LogP contribution in [-0.4, -0.2) is 4.98 Å². The molecule has 3 nitrogen and oxygen atoms in total. The molecule has 0 spiro atoms. The van der Waals surface area contributed by atoms with Gasteiger partial charge in [-0.15, -0.1) is 0 Å². The number of rotatable bonds is 2. The highest BCUT2D eigenvalue weighted by atomic mass is 14.8. The van der Waals surface area contributed by atoms with Gasteiger partial charge in [-0.1, -0.05) is 13.8 Å². The predicted molar refractivity (Wildman–Crippen MR) is 50.7 cm³/mol. The van der Waals surface area contributed by atoms with Crippen LogP contribution in [-0.2, 0) is 0 Å². The number of pyridine rings is 1. The summed E-state index contributed by atoms with van der Waals surface area (Å²) >= 11 is 0. The first-order valence-electron chi connectivity index (χ1n) is 4.26. The van der Waals surface area contributed by atoms with Gasteiger partial charge in [-0.05, 0) is 18.1 Å². The van der Waals surface area contributed by atoms with Gasteiger partial charge in [0.25, 0.3) is 0 Å². The fourth-order valence-corrected chi connectivity index (χ4v) is 1.01. The van der Waals surface area contributed by atoms with Gasteiger partial charge in [0.2, 0.25) is 0 Å². The van der Waals surface area contributed by atoms with Gasteiger partial charge in [-0.25, -0.2) is 0 Å². The van der Waals surface area contributed by atoms with E-state index in [0.29, 0.717) is 11.5 Å². The Balaban J connectivity index is 2.87. The summed E-state index contributed by atoms with van der Waals surface area (Å²) in [5, 5.41) is 8.56. The number of hydrogen-bond acceptors (Lipinski definition) is 3. The third kappa shape index (κ3) is 2.27. The van der Waals surface area contributed by atoms with Crippen molar-refractivity contribution in [2.24, 2.45) is 11.7 Å². The Morgan fingerprint density at radius 1 is 1.46 bits per heavy atom. The van der Waals surface area contributed by atoms with Crippen molar-refractivity contribution in [2.45, 2.75) is 19.9 Å². The standard InChI is InChI=1S/C10H13N3/c1-7(2)10(12)9-4-3-8(5-11)6-13-9/h3-4,6-7,10H,12H2,1-2H3. The molecule has 0 aliphatic rings. The Bertz CT molecular complexity index is 308. The summed E-state index contributed by atoms with van der Waals surface area (Å²) < 4.78 is 0. The van der Waals surface area contributed by atoms with Gasteiger partial charge < -0.3 is 5.73 Å². The van der Waals surface area contributed by atoms with Gasteiger partial charge in [0.15, 0.2) is 0 Å². The molecule has 1 heterocycles.